The molecule has 2 heterocycles. The summed E-state index contributed by atoms with van der Waals surface area (Å²) >= 11 is 0. The Morgan fingerprint density at radius 3 is 2.48 bits per heavy atom. The van der Waals surface area contributed by atoms with Crippen molar-refractivity contribution in [1.29, 1.82) is 0 Å². The third-order valence-corrected chi connectivity index (χ3v) is 4.60. The minimum atomic E-state index is -0.192. The number of rotatable bonds is 4. The first-order valence-electron chi connectivity index (χ1n) is 8.85. The quantitative estimate of drug-likeness (QED) is 0.577. The van der Waals surface area contributed by atoms with Crippen LogP contribution in [0.25, 0.3) is 16.6 Å². The van der Waals surface area contributed by atoms with Crippen molar-refractivity contribution >= 4 is 22.5 Å². The van der Waals surface area contributed by atoms with Crippen molar-refractivity contribution in [2.24, 2.45) is 0 Å². The molecule has 0 saturated heterocycles. The van der Waals surface area contributed by atoms with E-state index in [2.05, 4.69) is 10.3 Å². The fourth-order valence-electron chi connectivity index (χ4n) is 3.20. The number of fused-ring (bicyclic) bond motifs is 1. The molecule has 0 fully saturated rings. The van der Waals surface area contributed by atoms with Crippen LogP contribution in [0.2, 0.25) is 0 Å². The number of nitrogens with one attached hydrogen (secondary N) is 2. The maximum Gasteiger partial charge on any atom is 0.255 e. The SMILES string of the molecule is CCc1cc(=O)[nH]c2cc(NC(=O)c3ccc(-n4cccc4)cc3)ccc12. The van der Waals surface area contributed by atoms with E-state index in [4.69, 9.17) is 0 Å². The van der Waals surface area contributed by atoms with Gasteiger partial charge in [-0.15, -0.1) is 0 Å². The highest BCUT2D eigenvalue weighted by Gasteiger charge is 2.08. The van der Waals surface area contributed by atoms with Gasteiger partial charge < -0.3 is 14.9 Å². The van der Waals surface area contributed by atoms with Crippen LogP contribution in [-0.4, -0.2) is 15.5 Å². The highest BCUT2D eigenvalue weighted by molar-refractivity contribution is 6.05. The molecule has 0 spiro atoms. The Kier molecular flexibility index (Phi) is 4.34. The molecule has 4 aromatic rings. The zero-order valence-electron chi connectivity index (χ0n) is 14.9. The molecular formula is C22H19N3O2. The lowest BCUT2D eigenvalue weighted by atomic mass is 10.1. The Bertz CT molecular complexity index is 1160. The normalized spacial score (nSPS) is 10.9. The van der Waals surface area contributed by atoms with Gasteiger partial charge >= 0.3 is 0 Å². The second-order valence-electron chi connectivity index (χ2n) is 6.36. The standard InChI is InChI=1S/C22H19N3O2/c1-2-15-13-21(26)24-20-14-17(7-10-19(15)20)23-22(27)16-5-8-18(9-6-16)25-11-3-4-12-25/h3-14H,2H2,1H3,(H,23,27)(H,24,26). The molecule has 5 nitrogen and oxygen atoms in total. The van der Waals surface area contributed by atoms with Gasteiger partial charge in [-0.3, -0.25) is 9.59 Å². The number of pyridine rings is 1. The van der Waals surface area contributed by atoms with Crippen LogP contribution in [0.4, 0.5) is 5.69 Å². The summed E-state index contributed by atoms with van der Waals surface area (Å²) in [6.45, 7) is 2.02. The zero-order chi connectivity index (χ0) is 18.8. The first-order chi connectivity index (χ1) is 13.1. The Hall–Kier alpha value is -3.60. The smallest absolute Gasteiger partial charge is 0.255 e. The van der Waals surface area contributed by atoms with Gasteiger partial charge in [-0.25, -0.2) is 0 Å². The van der Waals surface area contributed by atoms with Gasteiger partial charge in [0.2, 0.25) is 5.56 Å². The summed E-state index contributed by atoms with van der Waals surface area (Å²) in [4.78, 5) is 27.2. The van der Waals surface area contributed by atoms with E-state index in [1.165, 1.54) is 0 Å². The van der Waals surface area contributed by atoms with Gasteiger partial charge in [-0.05, 0) is 60.5 Å². The number of carbonyl (C=O) groups is 1. The summed E-state index contributed by atoms with van der Waals surface area (Å²) in [5.41, 5.74) is 3.79. The van der Waals surface area contributed by atoms with Gasteiger partial charge in [0.1, 0.15) is 0 Å². The van der Waals surface area contributed by atoms with Crippen LogP contribution in [0, 0.1) is 0 Å². The molecule has 0 unspecified atom stereocenters. The van der Waals surface area contributed by atoms with E-state index in [-0.39, 0.29) is 11.5 Å². The van der Waals surface area contributed by atoms with Crippen molar-refractivity contribution in [3.63, 3.8) is 0 Å². The van der Waals surface area contributed by atoms with Gasteiger partial charge in [0.05, 0.1) is 5.52 Å². The van der Waals surface area contributed by atoms with E-state index in [1.54, 1.807) is 24.3 Å². The molecular weight excluding hydrogens is 338 g/mol. The van der Waals surface area contributed by atoms with Gasteiger partial charge in [0, 0.05) is 40.8 Å². The number of anilines is 1. The van der Waals surface area contributed by atoms with Crippen molar-refractivity contribution in [3.8, 4) is 5.69 Å². The molecule has 134 valence electrons. The molecule has 4 rings (SSSR count). The van der Waals surface area contributed by atoms with Crippen molar-refractivity contribution in [2.75, 3.05) is 5.32 Å². The number of hydrogen-bond donors (Lipinski definition) is 2. The van der Waals surface area contributed by atoms with Gasteiger partial charge in [-0.1, -0.05) is 13.0 Å². The number of aromatic nitrogens is 2. The molecule has 0 bridgehead atoms. The summed E-state index contributed by atoms with van der Waals surface area (Å²) in [7, 11) is 0. The van der Waals surface area contributed by atoms with Crippen LogP contribution in [-0.2, 0) is 6.42 Å². The Balaban J connectivity index is 1.58. The molecule has 5 heteroatoms. The number of aryl methyl sites for hydroxylation is 1. The second kappa shape index (κ2) is 6.96. The van der Waals surface area contributed by atoms with Crippen LogP contribution >= 0.6 is 0 Å². The molecule has 2 N–H and O–H groups in total. The van der Waals surface area contributed by atoms with E-state index in [9.17, 15) is 9.59 Å². The average molecular weight is 357 g/mol. The van der Waals surface area contributed by atoms with E-state index in [0.717, 1.165) is 28.6 Å². The third-order valence-electron chi connectivity index (χ3n) is 4.60. The van der Waals surface area contributed by atoms with Crippen molar-refractivity contribution < 1.29 is 4.79 Å². The monoisotopic (exact) mass is 357 g/mol. The average Bonchev–Trinajstić information content (AvgIpc) is 3.22. The molecule has 2 aromatic carbocycles. The number of benzene rings is 2. The fraction of sp³-hybridized carbons (Fsp3) is 0.0909. The predicted octanol–water partition coefficient (Wildman–Crippen LogP) is 4.13. The Labute approximate surface area is 156 Å². The van der Waals surface area contributed by atoms with Crippen LogP contribution in [0.3, 0.4) is 0 Å². The van der Waals surface area contributed by atoms with Crippen LogP contribution < -0.4 is 10.9 Å². The summed E-state index contributed by atoms with van der Waals surface area (Å²) in [5, 5.41) is 3.89. The summed E-state index contributed by atoms with van der Waals surface area (Å²) in [6.07, 6.45) is 4.69. The highest BCUT2D eigenvalue weighted by atomic mass is 16.1. The number of amides is 1. The van der Waals surface area contributed by atoms with Gasteiger partial charge in [0.25, 0.3) is 5.91 Å². The maximum atomic E-state index is 12.5. The van der Waals surface area contributed by atoms with Gasteiger partial charge in [-0.2, -0.15) is 0 Å². The molecule has 0 aliphatic rings. The van der Waals surface area contributed by atoms with E-state index < -0.39 is 0 Å². The number of hydrogen-bond acceptors (Lipinski definition) is 2. The minimum Gasteiger partial charge on any atom is -0.324 e. The molecule has 2 aromatic heterocycles. The third kappa shape index (κ3) is 3.40. The second-order valence-corrected chi connectivity index (χ2v) is 6.36. The number of nitrogens with zero attached hydrogens (tertiary/aromatic N) is 1. The first kappa shape index (κ1) is 16.8. The topological polar surface area (TPSA) is 66.9 Å². The lowest BCUT2D eigenvalue weighted by molar-refractivity contribution is 0.102. The van der Waals surface area contributed by atoms with E-state index >= 15 is 0 Å². The van der Waals surface area contributed by atoms with Crippen LogP contribution in [0.1, 0.15) is 22.8 Å². The van der Waals surface area contributed by atoms with Crippen LogP contribution in [0.15, 0.2) is 77.9 Å². The first-order valence-corrected chi connectivity index (χ1v) is 8.85. The lowest BCUT2D eigenvalue weighted by Crippen LogP contribution is -2.12. The Morgan fingerprint density at radius 1 is 1.04 bits per heavy atom. The molecule has 1 amide bonds. The van der Waals surface area contributed by atoms with E-state index in [1.807, 2.05) is 60.3 Å². The van der Waals surface area contributed by atoms with Crippen molar-refractivity contribution in [3.05, 3.63) is 94.5 Å². The minimum absolute atomic E-state index is 0.136. The largest absolute Gasteiger partial charge is 0.324 e. The summed E-state index contributed by atoms with van der Waals surface area (Å²) in [6, 6.07) is 18.5. The van der Waals surface area contributed by atoms with Crippen molar-refractivity contribution in [1.82, 2.24) is 9.55 Å². The Morgan fingerprint density at radius 2 is 1.78 bits per heavy atom. The predicted molar refractivity (Wildman–Crippen MR) is 108 cm³/mol. The van der Waals surface area contributed by atoms with Crippen molar-refractivity contribution in [2.45, 2.75) is 13.3 Å². The molecule has 0 saturated carbocycles. The lowest BCUT2D eigenvalue weighted by Gasteiger charge is -2.09. The molecule has 27 heavy (non-hydrogen) atoms. The highest BCUT2D eigenvalue weighted by Crippen LogP contribution is 2.21. The number of carbonyl (C=O) groups excluding carboxylic acids is 1. The molecule has 0 aliphatic heterocycles. The fourth-order valence-corrected chi connectivity index (χ4v) is 3.20. The molecule has 0 radical (unpaired) electrons. The molecule has 0 aliphatic carbocycles. The summed E-state index contributed by atoms with van der Waals surface area (Å²) in [5.74, 6) is -0.192. The zero-order valence-corrected chi connectivity index (χ0v) is 14.9. The van der Waals surface area contributed by atoms with E-state index in [0.29, 0.717) is 11.3 Å². The van der Waals surface area contributed by atoms with Crippen LogP contribution in [0.5, 0.6) is 0 Å². The number of aromatic amines is 1. The number of H-pyrrole nitrogens is 1. The molecule has 0 atom stereocenters. The maximum absolute atomic E-state index is 12.5. The van der Waals surface area contributed by atoms with Gasteiger partial charge in [0.15, 0.2) is 0 Å². The summed E-state index contributed by atoms with van der Waals surface area (Å²) < 4.78 is 1.98.